The van der Waals surface area contributed by atoms with Crippen molar-refractivity contribution in [2.24, 2.45) is 0 Å². The Kier molecular flexibility index (Phi) is 4.02. The van der Waals surface area contributed by atoms with Crippen molar-refractivity contribution in [1.29, 1.82) is 0 Å². The first-order valence-electron chi connectivity index (χ1n) is 2.27. The molecule has 0 aliphatic heterocycles. The second-order valence-electron chi connectivity index (χ2n) is 1.49. The van der Waals surface area contributed by atoms with Crippen LogP contribution in [0.1, 0.15) is 2.85 Å². The zero-order valence-corrected chi connectivity index (χ0v) is 7.12. The van der Waals surface area contributed by atoms with Crippen LogP contribution in [0.5, 0.6) is 11.5 Å². The average molecular weight is 152 g/mol. The second kappa shape index (κ2) is 3.99. The van der Waals surface area contributed by atoms with Gasteiger partial charge in [0.25, 0.3) is 0 Å². The Bertz CT molecular complexity index is 175. The molecule has 0 bridgehead atoms. The van der Waals surface area contributed by atoms with Gasteiger partial charge < -0.3 is 13.1 Å². The molecule has 0 aliphatic carbocycles. The van der Waals surface area contributed by atoms with Gasteiger partial charge in [-0.05, 0) is 12.1 Å². The topological polar surface area (TPSA) is 40.5 Å². The van der Waals surface area contributed by atoms with Crippen LogP contribution in [0.25, 0.3) is 0 Å². The summed E-state index contributed by atoms with van der Waals surface area (Å²) in [6.45, 7) is 0. The van der Waals surface area contributed by atoms with Gasteiger partial charge >= 0.3 is 37.7 Å². The monoisotopic (exact) mass is 152 g/mol. The third-order valence-corrected chi connectivity index (χ3v) is 0.882. The minimum Gasteiger partial charge on any atom is -1.00 e. The zero-order valence-electron chi connectivity index (χ0n) is 6.91. The van der Waals surface area contributed by atoms with Gasteiger partial charge in [0.1, 0.15) is 0 Å². The predicted octanol–water partition coefficient (Wildman–Crippen LogP) is 0.942. The van der Waals surface area contributed by atoms with Gasteiger partial charge in [0.2, 0.25) is 0 Å². The summed E-state index contributed by atoms with van der Waals surface area (Å²) in [5.41, 5.74) is 0. The molecule has 1 aromatic carbocycles. The van der Waals surface area contributed by atoms with Crippen molar-refractivity contribution in [2.45, 2.75) is 0 Å². The van der Waals surface area contributed by atoms with Gasteiger partial charge in [0.05, 0.1) is 0 Å². The molecule has 3 heteroatoms. The van der Waals surface area contributed by atoms with Crippen molar-refractivity contribution >= 4 is 37.7 Å². The molecular formula is C6H8CaO2. The van der Waals surface area contributed by atoms with Gasteiger partial charge in [-0.2, -0.15) is 0 Å². The van der Waals surface area contributed by atoms with E-state index in [-0.39, 0.29) is 52.1 Å². The molecule has 0 unspecified atom stereocenters. The van der Waals surface area contributed by atoms with Crippen LogP contribution in [0.3, 0.4) is 0 Å². The Morgan fingerprint density at radius 2 is 1.33 bits per heavy atom. The summed E-state index contributed by atoms with van der Waals surface area (Å²) in [7, 11) is 0. The first-order chi connectivity index (χ1) is 3.80. The van der Waals surface area contributed by atoms with Crippen LogP contribution in [-0.2, 0) is 0 Å². The predicted molar refractivity (Wildman–Crippen MR) is 37.7 cm³/mol. The summed E-state index contributed by atoms with van der Waals surface area (Å²) in [5, 5.41) is 17.3. The molecule has 0 atom stereocenters. The second-order valence-corrected chi connectivity index (χ2v) is 1.49. The van der Waals surface area contributed by atoms with Gasteiger partial charge in [-0.15, -0.1) is 0 Å². The van der Waals surface area contributed by atoms with Gasteiger partial charge in [0.15, 0.2) is 11.5 Å². The smallest absolute Gasteiger partial charge is 1.00 e. The molecule has 46 valence electrons. The molecule has 0 radical (unpaired) electrons. The van der Waals surface area contributed by atoms with E-state index < -0.39 is 0 Å². The molecule has 2 nitrogen and oxygen atoms in total. The summed E-state index contributed by atoms with van der Waals surface area (Å²) >= 11 is 0. The molecule has 0 heterocycles. The van der Waals surface area contributed by atoms with Gasteiger partial charge in [0, 0.05) is 0 Å². The van der Waals surface area contributed by atoms with E-state index in [1.807, 2.05) is 0 Å². The fourth-order valence-electron chi connectivity index (χ4n) is 0.464. The van der Waals surface area contributed by atoms with E-state index >= 15 is 0 Å². The van der Waals surface area contributed by atoms with Gasteiger partial charge in [-0.1, -0.05) is 12.1 Å². The van der Waals surface area contributed by atoms with E-state index in [0.717, 1.165) is 0 Å². The van der Waals surface area contributed by atoms with Gasteiger partial charge in [-0.25, -0.2) is 0 Å². The minimum absolute atomic E-state index is 0. The van der Waals surface area contributed by atoms with E-state index in [1.54, 1.807) is 12.1 Å². The maximum atomic E-state index is 8.67. The number of aromatic hydroxyl groups is 2. The third kappa shape index (κ3) is 2.43. The molecule has 0 spiro atoms. The molecule has 0 aliphatic rings. The number of rotatable bonds is 0. The summed E-state index contributed by atoms with van der Waals surface area (Å²) in [4.78, 5) is 0. The molecule has 0 saturated carbocycles. The molecular weight excluding hydrogens is 144 g/mol. The van der Waals surface area contributed by atoms with E-state index in [4.69, 9.17) is 10.2 Å². The molecule has 0 aromatic heterocycles. The standard InChI is InChI=1S/C6H6O2.Ca.2H/c7-5-3-1-2-4-6(5)8;;;/h1-4,7-8H;;;/q;+2;2*-1. The number of para-hydroxylation sites is 2. The quantitative estimate of drug-likeness (QED) is 0.429. The summed E-state index contributed by atoms with van der Waals surface area (Å²) in [6, 6.07) is 6.15. The van der Waals surface area contributed by atoms with Crippen molar-refractivity contribution in [1.82, 2.24) is 0 Å². The Morgan fingerprint density at radius 1 is 1.00 bits per heavy atom. The number of phenols is 2. The van der Waals surface area contributed by atoms with Gasteiger partial charge in [-0.3, -0.25) is 0 Å². The number of hydrogen-bond acceptors (Lipinski definition) is 2. The SMILES string of the molecule is Oc1ccccc1O.[Ca+2].[H-].[H-]. The normalized spacial score (nSPS) is 8.00. The van der Waals surface area contributed by atoms with E-state index in [0.29, 0.717) is 0 Å². The van der Waals surface area contributed by atoms with Crippen LogP contribution >= 0.6 is 0 Å². The average Bonchev–Trinajstić information content (AvgIpc) is 1.77. The number of benzene rings is 1. The summed E-state index contributed by atoms with van der Waals surface area (Å²) in [5.74, 6) is -0.153. The summed E-state index contributed by atoms with van der Waals surface area (Å²) in [6.07, 6.45) is 0. The Balaban J connectivity index is -0.000000213. The molecule has 0 amide bonds. The molecule has 1 rings (SSSR count). The molecule has 2 N–H and O–H groups in total. The van der Waals surface area contributed by atoms with Crippen LogP contribution in [0.15, 0.2) is 24.3 Å². The van der Waals surface area contributed by atoms with E-state index in [9.17, 15) is 0 Å². The van der Waals surface area contributed by atoms with Crippen molar-refractivity contribution in [2.75, 3.05) is 0 Å². The Labute approximate surface area is 86.1 Å². The van der Waals surface area contributed by atoms with Crippen LogP contribution in [-0.4, -0.2) is 48.0 Å². The molecule has 9 heavy (non-hydrogen) atoms. The van der Waals surface area contributed by atoms with Crippen LogP contribution < -0.4 is 0 Å². The van der Waals surface area contributed by atoms with E-state index in [2.05, 4.69) is 0 Å². The van der Waals surface area contributed by atoms with Crippen molar-refractivity contribution in [3.8, 4) is 11.5 Å². The van der Waals surface area contributed by atoms with Crippen LogP contribution in [0, 0.1) is 0 Å². The Morgan fingerprint density at radius 3 is 1.56 bits per heavy atom. The Hall–Kier alpha value is 0.0797. The fourth-order valence-corrected chi connectivity index (χ4v) is 0.464. The van der Waals surface area contributed by atoms with Crippen molar-refractivity contribution in [3.63, 3.8) is 0 Å². The maximum Gasteiger partial charge on any atom is 2.00 e. The fraction of sp³-hybridized carbons (Fsp3) is 0. The van der Waals surface area contributed by atoms with Crippen molar-refractivity contribution in [3.05, 3.63) is 24.3 Å². The zero-order chi connectivity index (χ0) is 5.98. The largest absolute Gasteiger partial charge is 2.00 e. The summed E-state index contributed by atoms with van der Waals surface area (Å²) < 4.78 is 0. The number of phenolic OH excluding ortho intramolecular Hbond substituents is 2. The maximum absolute atomic E-state index is 8.67. The molecule has 0 saturated heterocycles. The molecule has 1 aromatic rings. The minimum atomic E-state index is -0.0764. The van der Waals surface area contributed by atoms with Crippen LogP contribution in [0.4, 0.5) is 0 Å². The molecule has 0 fully saturated rings. The van der Waals surface area contributed by atoms with Crippen molar-refractivity contribution < 1.29 is 13.1 Å². The van der Waals surface area contributed by atoms with E-state index in [1.165, 1.54) is 12.1 Å². The first-order valence-corrected chi connectivity index (χ1v) is 2.27. The number of hydrogen-bond donors (Lipinski definition) is 2. The van der Waals surface area contributed by atoms with Crippen LogP contribution in [0.2, 0.25) is 0 Å². The first kappa shape index (κ1) is 9.08. The third-order valence-electron chi connectivity index (χ3n) is 0.882.